The van der Waals surface area contributed by atoms with Crippen LogP contribution in [0.3, 0.4) is 0 Å². The van der Waals surface area contributed by atoms with E-state index < -0.39 is 18.5 Å². The number of amides is 1. The summed E-state index contributed by atoms with van der Waals surface area (Å²) in [6.07, 6.45) is 4.10. The van der Waals surface area contributed by atoms with Gasteiger partial charge in [0.15, 0.2) is 11.8 Å². The lowest BCUT2D eigenvalue weighted by Gasteiger charge is -2.06. The first-order valence-corrected chi connectivity index (χ1v) is 7.80. The Morgan fingerprint density at radius 3 is 2.71 bits per heavy atom. The summed E-state index contributed by atoms with van der Waals surface area (Å²) in [4.78, 5) is 27.2. The van der Waals surface area contributed by atoms with Gasteiger partial charge >= 0.3 is 5.97 Å². The topological polar surface area (TPSA) is 68.3 Å². The lowest BCUT2D eigenvalue weighted by atomic mass is 10.2. The zero-order valence-corrected chi connectivity index (χ0v) is 14.4. The molecular formula is C16H11Cl3N2O3. The normalized spacial score (nSPS) is 10.6. The zero-order chi connectivity index (χ0) is 17.5. The summed E-state index contributed by atoms with van der Waals surface area (Å²) >= 11 is 17.7. The Kier molecular flexibility index (Phi) is 6.61. The highest BCUT2D eigenvalue weighted by atomic mass is 35.5. The van der Waals surface area contributed by atoms with E-state index in [4.69, 9.17) is 39.5 Å². The van der Waals surface area contributed by atoms with Crippen molar-refractivity contribution < 1.29 is 14.3 Å². The number of anilines is 1. The van der Waals surface area contributed by atoms with E-state index in [-0.39, 0.29) is 5.15 Å². The molecule has 0 bridgehead atoms. The van der Waals surface area contributed by atoms with Crippen LogP contribution in [0.15, 0.2) is 42.6 Å². The van der Waals surface area contributed by atoms with Crippen molar-refractivity contribution in [3.63, 3.8) is 0 Å². The lowest BCUT2D eigenvalue weighted by Crippen LogP contribution is -2.20. The second-order valence-electron chi connectivity index (χ2n) is 4.47. The van der Waals surface area contributed by atoms with Gasteiger partial charge in [-0.1, -0.05) is 46.9 Å². The minimum atomic E-state index is -0.696. The third-order valence-electron chi connectivity index (χ3n) is 2.76. The van der Waals surface area contributed by atoms with E-state index in [0.717, 1.165) is 6.08 Å². The fourth-order valence-corrected chi connectivity index (χ4v) is 2.19. The molecule has 24 heavy (non-hydrogen) atoms. The quantitative estimate of drug-likeness (QED) is 0.475. The van der Waals surface area contributed by atoms with Gasteiger partial charge in [-0.15, -0.1) is 0 Å². The summed E-state index contributed by atoms with van der Waals surface area (Å²) in [6, 6.07) is 8.22. The zero-order valence-electron chi connectivity index (χ0n) is 12.1. The van der Waals surface area contributed by atoms with E-state index in [0.29, 0.717) is 21.3 Å². The van der Waals surface area contributed by atoms with Crippen LogP contribution in [-0.2, 0) is 14.3 Å². The molecule has 0 spiro atoms. The average Bonchev–Trinajstić information content (AvgIpc) is 2.56. The molecule has 1 aromatic heterocycles. The molecule has 0 saturated carbocycles. The molecule has 2 rings (SSSR count). The van der Waals surface area contributed by atoms with Crippen molar-refractivity contribution in [2.75, 3.05) is 11.9 Å². The predicted octanol–water partition coefficient (Wildman–Crippen LogP) is 4.24. The van der Waals surface area contributed by atoms with Crippen molar-refractivity contribution in [3.05, 3.63) is 63.4 Å². The molecule has 5 nitrogen and oxygen atoms in total. The molecule has 0 aliphatic rings. The van der Waals surface area contributed by atoms with E-state index >= 15 is 0 Å². The highest BCUT2D eigenvalue weighted by Gasteiger charge is 2.08. The Hall–Kier alpha value is -2.08. The van der Waals surface area contributed by atoms with E-state index in [1.807, 2.05) is 0 Å². The van der Waals surface area contributed by atoms with Crippen molar-refractivity contribution in [2.45, 2.75) is 0 Å². The Morgan fingerprint density at radius 2 is 1.96 bits per heavy atom. The number of aromatic nitrogens is 1. The van der Waals surface area contributed by atoms with Crippen LogP contribution in [0.2, 0.25) is 15.2 Å². The number of pyridine rings is 1. The molecule has 0 aliphatic heterocycles. The maximum atomic E-state index is 11.7. The van der Waals surface area contributed by atoms with Crippen LogP contribution in [-0.4, -0.2) is 23.5 Å². The highest BCUT2D eigenvalue weighted by Crippen LogP contribution is 2.26. The van der Waals surface area contributed by atoms with Gasteiger partial charge in [-0.05, 0) is 29.8 Å². The standard InChI is InChI=1S/C16H11Cl3N2O3/c17-11-4-1-3-10(15(11)18)6-7-14(23)24-9-13(22)21-12-5-2-8-20-16(12)19/h1-8H,9H2,(H,21,22)/b7-6+. The van der Waals surface area contributed by atoms with Crippen molar-refractivity contribution in [1.29, 1.82) is 0 Å². The van der Waals surface area contributed by atoms with Crippen molar-refractivity contribution in [2.24, 2.45) is 0 Å². The van der Waals surface area contributed by atoms with Crippen LogP contribution in [0, 0.1) is 0 Å². The molecule has 1 amide bonds. The summed E-state index contributed by atoms with van der Waals surface area (Å²) in [5.41, 5.74) is 0.897. The van der Waals surface area contributed by atoms with E-state index in [2.05, 4.69) is 10.3 Å². The van der Waals surface area contributed by atoms with Crippen LogP contribution in [0.1, 0.15) is 5.56 Å². The molecule has 0 radical (unpaired) electrons. The molecule has 1 heterocycles. The van der Waals surface area contributed by atoms with Gasteiger partial charge in [0.05, 0.1) is 15.7 Å². The van der Waals surface area contributed by atoms with Gasteiger partial charge in [-0.25, -0.2) is 9.78 Å². The molecular weight excluding hydrogens is 375 g/mol. The van der Waals surface area contributed by atoms with Crippen LogP contribution >= 0.6 is 34.8 Å². The predicted molar refractivity (Wildman–Crippen MR) is 94.3 cm³/mol. The number of halogens is 3. The molecule has 0 unspecified atom stereocenters. The number of carbonyl (C=O) groups is 2. The summed E-state index contributed by atoms with van der Waals surface area (Å²) in [7, 11) is 0. The fraction of sp³-hybridized carbons (Fsp3) is 0.0625. The Morgan fingerprint density at radius 1 is 1.17 bits per heavy atom. The lowest BCUT2D eigenvalue weighted by molar-refractivity contribution is -0.142. The fourth-order valence-electron chi connectivity index (χ4n) is 1.66. The number of hydrogen-bond acceptors (Lipinski definition) is 4. The smallest absolute Gasteiger partial charge is 0.331 e. The van der Waals surface area contributed by atoms with Gasteiger partial charge in [0.25, 0.3) is 5.91 Å². The van der Waals surface area contributed by atoms with Gasteiger partial charge in [0.1, 0.15) is 0 Å². The van der Waals surface area contributed by atoms with Crippen LogP contribution < -0.4 is 5.32 Å². The van der Waals surface area contributed by atoms with Crippen LogP contribution in [0.5, 0.6) is 0 Å². The largest absolute Gasteiger partial charge is 0.452 e. The summed E-state index contributed by atoms with van der Waals surface area (Å²) in [5, 5.41) is 3.33. The number of nitrogens with zero attached hydrogens (tertiary/aromatic N) is 1. The number of esters is 1. The minimum absolute atomic E-state index is 0.146. The molecule has 8 heteroatoms. The maximum absolute atomic E-state index is 11.7. The third kappa shape index (κ3) is 5.23. The first-order valence-electron chi connectivity index (χ1n) is 6.66. The van der Waals surface area contributed by atoms with Crippen molar-refractivity contribution >= 4 is 58.4 Å². The molecule has 0 aliphatic carbocycles. The number of benzene rings is 1. The minimum Gasteiger partial charge on any atom is -0.452 e. The first kappa shape index (κ1) is 18.3. The van der Waals surface area contributed by atoms with Crippen molar-refractivity contribution in [3.8, 4) is 0 Å². The molecule has 2 aromatic rings. The maximum Gasteiger partial charge on any atom is 0.331 e. The monoisotopic (exact) mass is 384 g/mol. The second-order valence-corrected chi connectivity index (χ2v) is 5.62. The molecule has 0 atom stereocenters. The van der Waals surface area contributed by atoms with E-state index in [1.54, 1.807) is 30.3 Å². The SMILES string of the molecule is O=C(COC(=O)/C=C/c1cccc(Cl)c1Cl)Nc1cccnc1Cl. The highest BCUT2D eigenvalue weighted by molar-refractivity contribution is 6.42. The van der Waals surface area contributed by atoms with E-state index in [1.165, 1.54) is 12.3 Å². The van der Waals surface area contributed by atoms with Gasteiger partial charge < -0.3 is 10.1 Å². The number of hydrogen-bond donors (Lipinski definition) is 1. The second kappa shape index (κ2) is 8.68. The van der Waals surface area contributed by atoms with Gasteiger partial charge in [-0.3, -0.25) is 4.79 Å². The number of rotatable bonds is 5. The average molecular weight is 386 g/mol. The number of carbonyl (C=O) groups excluding carboxylic acids is 2. The van der Waals surface area contributed by atoms with Gasteiger partial charge in [-0.2, -0.15) is 0 Å². The van der Waals surface area contributed by atoms with Crippen LogP contribution in [0.25, 0.3) is 6.08 Å². The van der Waals surface area contributed by atoms with Crippen LogP contribution in [0.4, 0.5) is 5.69 Å². The first-order chi connectivity index (χ1) is 11.5. The molecule has 1 N–H and O–H groups in total. The molecule has 124 valence electrons. The Bertz CT molecular complexity index is 794. The Labute approximate surface area is 153 Å². The number of ether oxygens (including phenoxy) is 1. The Balaban J connectivity index is 1.87. The van der Waals surface area contributed by atoms with E-state index in [9.17, 15) is 9.59 Å². The van der Waals surface area contributed by atoms with Gasteiger partial charge in [0.2, 0.25) is 0 Å². The molecule has 1 aromatic carbocycles. The summed E-state index contributed by atoms with van der Waals surface area (Å²) in [6.45, 7) is -0.461. The molecule has 0 fully saturated rings. The molecule has 0 saturated heterocycles. The summed E-state index contributed by atoms with van der Waals surface area (Å²) < 4.78 is 4.83. The van der Waals surface area contributed by atoms with Crippen molar-refractivity contribution in [1.82, 2.24) is 4.98 Å². The number of nitrogens with one attached hydrogen (secondary N) is 1. The van der Waals surface area contributed by atoms with Gasteiger partial charge in [0, 0.05) is 12.3 Å². The summed E-state index contributed by atoms with van der Waals surface area (Å²) in [5.74, 6) is -1.23. The third-order valence-corrected chi connectivity index (χ3v) is 3.89.